The Balaban J connectivity index is 2.46. The van der Waals surface area contributed by atoms with Crippen LogP contribution >= 0.6 is 63.7 Å². The molecule has 0 aliphatic rings. The van der Waals surface area contributed by atoms with Gasteiger partial charge in [-0.2, -0.15) is 0 Å². The van der Waals surface area contributed by atoms with Crippen LogP contribution in [0.5, 0.6) is 11.5 Å². The zero-order chi connectivity index (χ0) is 24.7. The lowest BCUT2D eigenvalue weighted by atomic mass is 9.99. The average Bonchev–Trinajstić information content (AvgIpc) is 2.79. The third-order valence-corrected chi connectivity index (χ3v) is 8.98. The molecule has 0 atom stereocenters. The van der Waals surface area contributed by atoms with E-state index in [2.05, 4.69) is 90.0 Å². The van der Waals surface area contributed by atoms with E-state index in [0.29, 0.717) is 38.9 Å². The fraction of sp³-hybridized carbons (Fsp3) is 0.231. The minimum absolute atomic E-state index is 0.226. The van der Waals surface area contributed by atoms with E-state index >= 15 is 0 Å². The van der Waals surface area contributed by atoms with Crippen molar-refractivity contribution >= 4 is 63.7 Å². The molecule has 0 aliphatic carbocycles. The Morgan fingerprint density at radius 3 is 0.970 bits per heavy atom. The Morgan fingerprint density at radius 1 is 0.515 bits per heavy atom. The van der Waals surface area contributed by atoms with Gasteiger partial charge in [-0.3, -0.25) is 0 Å². The molecule has 0 fully saturated rings. The summed E-state index contributed by atoms with van der Waals surface area (Å²) in [6.45, 7) is 15.8. The largest absolute Gasteiger partial charge is 0.507 e. The van der Waals surface area contributed by atoms with Crippen LogP contribution < -0.4 is 0 Å². The van der Waals surface area contributed by atoms with Crippen molar-refractivity contribution in [3.63, 3.8) is 0 Å². The Kier molecular flexibility index (Phi) is 11.2. The van der Waals surface area contributed by atoms with Crippen molar-refractivity contribution in [2.45, 2.75) is 38.9 Å². The number of hydrogen-bond donors (Lipinski definition) is 2. The Morgan fingerprint density at radius 2 is 0.758 bits per heavy atom. The number of halogens is 4. The maximum Gasteiger partial charge on any atom is 0.124 e. The number of hydrogen-bond acceptors (Lipinski definition) is 3. The van der Waals surface area contributed by atoms with Crippen LogP contribution in [0.25, 0.3) is 0 Å². The van der Waals surface area contributed by atoms with Gasteiger partial charge >= 0.3 is 0 Å². The molecule has 3 nitrogen and oxygen atoms in total. The lowest BCUT2D eigenvalue weighted by molar-refractivity contribution is 0.105. The van der Waals surface area contributed by atoms with Gasteiger partial charge in [0.05, 0.1) is 13.2 Å². The van der Waals surface area contributed by atoms with E-state index in [0.717, 1.165) is 51.3 Å². The second kappa shape index (κ2) is 13.1. The molecule has 2 N–H and O–H groups in total. The van der Waals surface area contributed by atoms with Crippen molar-refractivity contribution in [2.24, 2.45) is 0 Å². The summed E-state index contributed by atoms with van der Waals surface area (Å²) in [7, 11) is 0. The van der Waals surface area contributed by atoms with Crippen LogP contribution in [0.2, 0.25) is 0 Å². The Bertz CT molecular complexity index is 930. The fourth-order valence-corrected chi connectivity index (χ4v) is 6.71. The van der Waals surface area contributed by atoms with Gasteiger partial charge < -0.3 is 14.9 Å². The number of aromatic hydroxyl groups is 2. The van der Waals surface area contributed by atoms with Crippen LogP contribution in [0, 0.1) is 0 Å². The first-order chi connectivity index (χ1) is 15.7. The van der Waals surface area contributed by atoms with Gasteiger partial charge in [0.25, 0.3) is 0 Å². The molecule has 7 heteroatoms. The maximum atomic E-state index is 10.8. The molecule has 0 amide bonds. The number of rotatable bonds is 12. The van der Waals surface area contributed by atoms with Gasteiger partial charge in [0.1, 0.15) is 11.5 Å². The van der Waals surface area contributed by atoms with Crippen molar-refractivity contribution in [1.82, 2.24) is 0 Å². The molecule has 0 aromatic heterocycles. The molecule has 0 bridgehead atoms. The molecule has 0 radical (unpaired) electrons. The molecule has 0 spiro atoms. The smallest absolute Gasteiger partial charge is 0.124 e. The molecule has 0 saturated carbocycles. The van der Waals surface area contributed by atoms with Crippen LogP contribution in [-0.2, 0) is 43.6 Å². The second-order valence-electron chi connectivity index (χ2n) is 7.29. The van der Waals surface area contributed by atoms with Gasteiger partial charge in [0.2, 0.25) is 0 Å². The lowest BCUT2D eigenvalue weighted by Gasteiger charge is -2.20. The number of allylic oxidation sites excluding steroid dienone is 4. The van der Waals surface area contributed by atoms with Crippen molar-refractivity contribution in [3.8, 4) is 11.5 Å². The average molecular weight is 706 g/mol. The maximum absolute atomic E-state index is 10.8. The van der Waals surface area contributed by atoms with Crippen LogP contribution in [0.15, 0.2) is 68.5 Å². The standard InChI is InChI=1S/C26H26Br4O3/c1-5-9-15-21(27)19(22(28)16(10-6-2)25(15)31)13-33-14-20-23(29)17(11-7-3)26(32)18(12-8-4)24(20)30/h5-8,31-32H,1-4,9-14H2. The van der Waals surface area contributed by atoms with E-state index in [9.17, 15) is 10.2 Å². The zero-order valence-corrected chi connectivity index (χ0v) is 24.5. The van der Waals surface area contributed by atoms with Crippen molar-refractivity contribution in [2.75, 3.05) is 0 Å². The molecule has 0 heterocycles. The first-order valence-electron chi connectivity index (χ1n) is 10.2. The first-order valence-corrected chi connectivity index (χ1v) is 13.3. The first kappa shape index (κ1) is 28.1. The summed E-state index contributed by atoms with van der Waals surface area (Å²) in [5.41, 5.74) is 4.83. The van der Waals surface area contributed by atoms with E-state index in [4.69, 9.17) is 4.74 Å². The van der Waals surface area contributed by atoms with Crippen LogP contribution in [0.4, 0.5) is 0 Å². The van der Waals surface area contributed by atoms with Gasteiger partial charge in [-0.15, -0.1) is 26.3 Å². The van der Waals surface area contributed by atoms with Gasteiger partial charge in [-0.25, -0.2) is 0 Å². The minimum Gasteiger partial charge on any atom is -0.507 e. The predicted octanol–water partition coefficient (Wildman–Crippen LogP) is 8.78. The molecule has 0 unspecified atom stereocenters. The second-order valence-corrected chi connectivity index (χ2v) is 10.5. The monoisotopic (exact) mass is 702 g/mol. The summed E-state index contributed by atoms with van der Waals surface area (Å²) in [6.07, 6.45) is 9.07. The topological polar surface area (TPSA) is 49.7 Å². The molecule has 0 aliphatic heterocycles. The van der Waals surface area contributed by atoms with Gasteiger partial charge in [0.15, 0.2) is 0 Å². The van der Waals surface area contributed by atoms with E-state index in [1.807, 2.05) is 0 Å². The molecular weight excluding hydrogens is 680 g/mol. The highest BCUT2D eigenvalue weighted by Crippen LogP contribution is 2.43. The summed E-state index contributed by atoms with van der Waals surface area (Å²) in [5, 5.41) is 21.5. The SMILES string of the molecule is C=CCc1c(O)c(CC=C)c(Br)c(COCc2c(Br)c(CC=C)c(O)c(CC=C)c2Br)c1Br. The molecule has 2 aromatic rings. The number of phenolic OH excluding ortho intramolecular Hbond substituents is 2. The van der Waals surface area contributed by atoms with Crippen LogP contribution in [0.1, 0.15) is 33.4 Å². The van der Waals surface area contributed by atoms with Gasteiger partial charge in [-0.1, -0.05) is 24.3 Å². The molecule has 176 valence electrons. The molecule has 33 heavy (non-hydrogen) atoms. The van der Waals surface area contributed by atoms with Crippen molar-refractivity contribution in [3.05, 3.63) is 102 Å². The Labute approximate surface area is 229 Å². The quantitative estimate of drug-likeness (QED) is 0.217. The van der Waals surface area contributed by atoms with Crippen LogP contribution in [0.3, 0.4) is 0 Å². The van der Waals surface area contributed by atoms with Gasteiger partial charge in [0, 0.05) is 51.3 Å². The molecule has 0 saturated heterocycles. The minimum atomic E-state index is 0.226. The highest BCUT2D eigenvalue weighted by atomic mass is 79.9. The molecule has 2 aromatic carbocycles. The third kappa shape index (κ3) is 6.12. The zero-order valence-electron chi connectivity index (χ0n) is 18.2. The molecule has 2 rings (SSSR count). The highest BCUT2D eigenvalue weighted by Gasteiger charge is 2.22. The van der Waals surface area contributed by atoms with Crippen LogP contribution in [-0.4, -0.2) is 10.2 Å². The number of ether oxygens (including phenoxy) is 1. The fourth-order valence-electron chi connectivity index (χ4n) is 3.53. The lowest BCUT2D eigenvalue weighted by Crippen LogP contribution is -2.05. The molecular formula is C26H26Br4O3. The normalized spacial score (nSPS) is 10.8. The summed E-state index contributed by atoms with van der Waals surface area (Å²) in [4.78, 5) is 0. The van der Waals surface area contributed by atoms with E-state index in [1.165, 1.54) is 0 Å². The summed E-state index contributed by atoms with van der Waals surface area (Å²) >= 11 is 14.6. The van der Waals surface area contributed by atoms with E-state index in [1.54, 1.807) is 24.3 Å². The van der Waals surface area contributed by atoms with E-state index < -0.39 is 0 Å². The van der Waals surface area contributed by atoms with Crippen molar-refractivity contribution in [1.29, 1.82) is 0 Å². The summed E-state index contributed by atoms with van der Waals surface area (Å²) in [6, 6.07) is 0. The highest BCUT2D eigenvalue weighted by molar-refractivity contribution is 9.11. The summed E-state index contributed by atoms with van der Waals surface area (Å²) in [5.74, 6) is 0.453. The Hall–Kier alpha value is -1.12. The van der Waals surface area contributed by atoms with Gasteiger partial charge in [-0.05, 0) is 89.4 Å². The number of benzene rings is 2. The predicted molar refractivity (Wildman–Crippen MR) is 151 cm³/mol. The number of phenols is 2. The summed E-state index contributed by atoms with van der Waals surface area (Å²) < 4.78 is 9.28. The van der Waals surface area contributed by atoms with Crippen molar-refractivity contribution < 1.29 is 14.9 Å². The third-order valence-electron chi connectivity index (χ3n) is 5.15. The van der Waals surface area contributed by atoms with E-state index in [-0.39, 0.29) is 11.5 Å².